The number of thiocarbonyl (C=S) groups is 1. The van der Waals surface area contributed by atoms with E-state index in [1.54, 1.807) is 18.2 Å². The number of thioether (sulfide) groups is 1. The summed E-state index contributed by atoms with van der Waals surface area (Å²) in [5, 5.41) is 12.2. The van der Waals surface area contributed by atoms with E-state index in [1.807, 2.05) is 0 Å². The number of nitrogens with one attached hydrogen (secondary N) is 1. The third-order valence-corrected chi connectivity index (χ3v) is 3.98. The molecule has 1 aliphatic heterocycles. The Labute approximate surface area is 122 Å². The van der Waals surface area contributed by atoms with Crippen molar-refractivity contribution in [3.8, 4) is 11.5 Å². The SMILES string of the molecule is COc1cc(/C=C2\SC(=S)NC2=O)cc(Br)c1O. The number of ether oxygens (including phenoxy) is 1. The predicted molar refractivity (Wildman–Crippen MR) is 78.7 cm³/mol. The molecule has 2 N–H and O–H groups in total. The van der Waals surface area contributed by atoms with E-state index in [1.165, 1.54) is 18.9 Å². The Kier molecular flexibility index (Phi) is 3.94. The highest BCUT2D eigenvalue weighted by atomic mass is 79.9. The van der Waals surface area contributed by atoms with Crippen molar-refractivity contribution in [3.05, 3.63) is 27.1 Å². The monoisotopic (exact) mass is 345 g/mol. The molecule has 0 atom stereocenters. The summed E-state index contributed by atoms with van der Waals surface area (Å²) < 4.78 is 5.98. The summed E-state index contributed by atoms with van der Waals surface area (Å²) in [6.07, 6.45) is 1.69. The van der Waals surface area contributed by atoms with E-state index >= 15 is 0 Å². The van der Waals surface area contributed by atoms with Crippen molar-refractivity contribution >= 4 is 56.2 Å². The molecule has 0 aromatic heterocycles. The number of aromatic hydroxyl groups is 1. The van der Waals surface area contributed by atoms with Crippen molar-refractivity contribution in [3.63, 3.8) is 0 Å². The van der Waals surface area contributed by atoms with Gasteiger partial charge in [0, 0.05) is 0 Å². The maximum atomic E-state index is 11.5. The second kappa shape index (κ2) is 5.29. The Morgan fingerprint density at radius 3 is 2.83 bits per heavy atom. The van der Waals surface area contributed by atoms with Gasteiger partial charge in [-0.2, -0.15) is 0 Å². The zero-order valence-electron chi connectivity index (χ0n) is 9.19. The number of halogens is 1. The highest BCUT2D eigenvalue weighted by Gasteiger charge is 2.22. The molecular weight excluding hydrogens is 338 g/mol. The third kappa shape index (κ3) is 2.68. The molecule has 1 heterocycles. The normalized spacial score (nSPS) is 17.1. The van der Waals surface area contributed by atoms with E-state index in [2.05, 4.69) is 21.2 Å². The van der Waals surface area contributed by atoms with E-state index in [-0.39, 0.29) is 11.7 Å². The number of carbonyl (C=O) groups excluding carboxylic acids is 1. The molecule has 18 heavy (non-hydrogen) atoms. The van der Waals surface area contributed by atoms with E-state index < -0.39 is 0 Å². The molecule has 1 aromatic carbocycles. The summed E-state index contributed by atoms with van der Waals surface area (Å²) >= 11 is 9.33. The lowest BCUT2D eigenvalue weighted by Crippen LogP contribution is -2.17. The molecule has 0 spiro atoms. The van der Waals surface area contributed by atoms with Gasteiger partial charge in [0.2, 0.25) is 0 Å². The van der Waals surface area contributed by atoms with Crippen LogP contribution in [-0.4, -0.2) is 22.4 Å². The lowest BCUT2D eigenvalue weighted by atomic mass is 10.2. The molecule has 0 aliphatic carbocycles. The quantitative estimate of drug-likeness (QED) is 0.637. The second-order valence-electron chi connectivity index (χ2n) is 3.41. The Morgan fingerprint density at radius 2 is 2.28 bits per heavy atom. The van der Waals surface area contributed by atoms with Crippen molar-refractivity contribution < 1.29 is 14.6 Å². The number of phenols is 1. The summed E-state index contributed by atoms with van der Waals surface area (Å²) in [5.41, 5.74) is 0.735. The van der Waals surface area contributed by atoms with Gasteiger partial charge in [-0.25, -0.2) is 0 Å². The van der Waals surface area contributed by atoms with Crippen LogP contribution in [0.4, 0.5) is 0 Å². The maximum Gasteiger partial charge on any atom is 0.263 e. The van der Waals surface area contributed by atoms with Crippen LogP contribution in [0.3, 0.4) is 0 Å². The van der Waals surface area contributed by atoms with Crippen LogP contribution in [0.15, 0.2) is 21.5 Å². The van der Waals surface area contributed by atoms with Gasteiger partial charge in [0.25, 0.3) is 5.91 Å². The molecule has 1 aliphatic rings. The van der Waals surface area contributed by atoms with E-state index in [0.717, 1.165) is 5.56 Å². The molecule has 2 rings (SSSR count). The molecule has 0 radical (unpaired) electrons. The summed E-state index contributed by atoms with van der Waals surface area (Å²) in [5.74, 6) is 0.147. The highest BCUT2D eigenvalue weighted by molar-refractivity contribution is 9.10. The number of phenolic OH excluding ortho intramolecular Hbond substituents is 1. The molecule has 4 nitrogen and oxygen atoms in total. The number of rotatable bonds is 2. The Morgan fingerprint density at radius 1 is 1.56 bits per heavy atom. The fraction of sp³-hybridized carbons (Fsp3) is 0.0909. The largest absolute Gasteiger partial charge is 0.503 e. The van der Waals surface area contributed by atoms with Crippen LogP contribution in [-0.2, 0) is 4.79 Å². The molecule has 1 aromatic rings. The fourth-order valence-corrected chi connectivity index (χ4v) is 2.91. The Balaban J connectivity index is 2.41. The second-order valence-corrected chi connectivity index (χ2v) is 5.98. The van der Waals surface area contributed by atoms with Crippen LogP contribution in [0.25, 0.3) is 6.08 Å². The van der Waals surface area contributed by atoms with Crippen molar-refractivity contribution in [1.29, 1.82) is 0 Å². The van der Waals surface area contributed by atoms with Gasteiger partial charge in [-0.05, 0) is 39.7 Å². The van der Waals surface area contributed by atoms with Crippen molar-refractivity contribution in [2.24, 2.45) is 0 Å². The van der Waals surface area contributed by atoms with Crippen molar-refractivity contribution in [1.82, 2.24) is 5.32 Å². The lowest BCUT2D eigenvalue weighted by Gasteiger charge is -2.06. The van der Waals surface area contributed by atoms with Crippen LogP contribution in [0.2, 0.25) is 0 Å². The Bertz CT molecular complexity index is 572. The molecule has 0 saturated carbocycles. The van der Waals surface area contributed by atoms with Gasteiger partial charge in [0.05, 0.1) is 16.5 Å². The Hall–Kier alpha value is -1.05. The van der Waals surface area contributed by atoms with E-state index in [0.29, 0.717) is 19.4 Å². The standard InChI is InChI=1S/C11H8BrNO3S2/c1-16-7-3-5(2-6(12)9(7)14)4-8-10(15)13-11(17)18-8/h2-4,14H,1H3,(H,13,15,17)/b8-4-. The van der Waals surface area contributed by atoms with Crippen LogP contribution in [0, 0.1) is 0 Å². The first-order valence-corrected chi connectivity index (χ1v) is 6.84. The fourth-order valence-electron chi connectivity index (χ4n) is 1.41. The van der Waals surface area contributed by atoms with E-state index in [9.17, 15) is 9.90 Å². The number of benzene rings is 1. The molecule has 1 fully saturated rings. The average Bonchev–Trinajstić information content (AvgIpc) is 2.62. The smallest absolute Gasteiger partial charge is 0.263 e. The first-order chi connectivity index (χ1) is 8.51. The summed E-state index contributed by atoms with van der Waals surface area (Å²) in [6.45, 7) is 0. The van der Waals surface area contributed by atoms with Crippen molar-refractivity contribution in [2.75, 3.05) is 7.11 Å². The number of methoxy groups -OCH3 is 1. The van der Waals surface area contributed by atoms with Gasteiger partial charge in [-0.3, -0.25) is 4.79 Å². The molecule has 0 bridgehead atoms. The van der Waals surface area contributed by atoms with Crippen LogP contribution >= 0.6 is 39.9 Å². The van der Waals surface area contributed by atoms with Gasteiger partial charge in [0.1, 0.15) is 4.32 Å². The topological polar surface area (TPSA) is 58.6 Å². The summed E-state index contributed by atoms with van der Waals surface area (Å²) in [6, 6.07) is 3.34. The molecule has 94 valence electrons. The summed E-state index contributed by atoms with van der Waals surface area (Å²) in [4.78, 5) is 12.0. The molecule has 1 amide bonds. The molecule has 1 saturated heterocycles. The lowest BCUT2D eigenvalue weighted by molar-refractivity contribution is -0.115. The minimum Gasteiger partial charge on any atom is -0.503 e. The molecule has 0 unspecified atom stereocenters. The van der Waals surface area contributed by atoms with E-state index in [4.69, 9.17) is 17.0 Å². The molecular formula is C11H8BrNO3S2. The van der Waals surface area contributed by atoms with Gasteiger partial charge in [-0.15, -0.1) is 0 Å². The first kappa shape index (κ1) is 13.4. The number of hydrogen-bond acceptors (Lipinski definition) is 5. The van der Waals surface area contributed by atoms with Crippen LogP contribution in [0.1, 0.15) is 5.56 Å². The summed E-state index contributed by atoms with van der Waals surface area (Å²) in [7, 11) is 1.46. The maximum absolute atomic E-state index is 11.5. The number of hydrogen-bond donors (Lipinski definition) is 2. The van der Waals surface area contributed by atoms with Crippen LogP contribution < -0.4 is 10.1 Å². The van der Waals surface area contributed by atoms with Crippen LogP contribution in [0.5, 0.6) is 11.5 Å². The van der Waals surface area contributed by atoms with Gasteiger partial charge in [0.15, 0.2) is 11.5 Å². The first-order valence-electron chi connectivity index (χ1n) is 4.82. The van der Waals surface area contributed by atoms with Gasteiger partial charge < -0.3 is 15.2 Å². The minimum atomic E-state index is -0.215. The third-order valence-electron chi connectivity index (χ3n) is 2.21. The zero-order chi connectivity index (χ0) is 13.3. The molecule has 7 heteroatoms. The van der Waals surface area contributed by atoms with Gasteiger partial charge >= 0.3 is 0 Å². The number of carbonyl (C=O) groups is 1. The predicted octanol–water partition coefficient (Wildman–Crippen LogP) is 2.65. The minimum absolute atomic E-state index is 0.0266. The van der Waals surface area contributed by atoms with Crippen molar-refractivity contribution in [2.45, 2.75) is 0 Å². The average molecular weight is 346 g/mol. The zero-order valence-corrected chi connectivity index (χ0v) is 12.4. The highest BCUT2D eigenvalue weighted by Crippen LogP contribution is 2.36. The number of amides is 1. The van der Waals surface area contributed by atoms with Gasteiger partial charge in [-0.1, -0.05) is 24.0 Å².